The Labute approximate surface area is 846 Å². The summed E-state index contributed by atoms with van der Waals surface area (Å²) < 4.78 is 661. The van der Waals surface area contributed by atoms with Gasteiger partial charge in [-0.05, 0) is 300 Å². The molecule has 0 unspecified atom stereocenters. The van der Waals surface area contributed by atoms with Gasteiger partial charge in [0.15, 0.2) is 16.9 Å². The summed E-state index contributed by atoms with van der Waals surface area (Å²) in [6.07, 6.45) is -37.9. The fourth-order valence-electron chi connectivity index (χ4n) is 11.1. The van der Waals surface area contributed by atoms with E-state index in [9.17, 15) is 28.8 Å². The molecule has 6 aliphatic rings. The molecule has 6 fully saturated rings. The Balaban J connectivity index is 0.000000196. The van der Waals surface area contributed by atoms with E-state index in [-0.39, 0.29) is 102 Å². The number of nitrogens with one attached hydrogen (secondary N) is 12. The van der Waals surface area contributed by atoms with Crippen LogP contribution in [-0.2, 0) is 105 Å². The maximum atomic E-state index is 11.6. The first kappa shape index (κ1) is 34.9. The van der Waals surface area contributed by atoms with Crippen LogP contribution < -0.4 is 31.9 Å². The molecule has 0 spiro atoms. The zero-order valence-electron chi connectivity index (χ0n) is 145. The smallest absolute Gasteiger partial charge is 0.407 e. The number of H-pyrrole nitrogens is 6. The fraction of sp³-hybridized carbons (Fsp3) is 0.438. The van der Waals surface area contributed by atoms with Gasteiger partial charge in [-0.2, -0.15) is 0 Å². The summed E-state index contributed by atoms with van der Waals surface area (Å²) in [4.78, 5) is 75.2. The molecule has 0 aliphatic carbocycles. The molecule has 6 amide bonds. The number of nitrogens with zero attached hydrogens (tertiary/aromatic N) is 6. The molecule has 0 saturated carbocycles. The van der Waals surface area contributed by atoms with E-state index < -0.39 is 498 Å². The Kier molecular flexibility index (Phi) is 12.1. The lowest BCUT2D eigenvalue weighted by Crippen LogP contribution is -2.28. The molecule has 126 heavy (non-hydrogen) atoms. The van der Waals surface area contributed by atoms with Crippen molar-refractivity contribution in [2.45, 2.75) is 113 Å². The number of fused-ring (bicyclic) bond motifs is 6. The summed E-state index contributed by atoms with van der Waals surface area (Å²) in [6, 6.07) is -23.3. The number of aryl methyl sites for hydroxylation is 3. The van der Waals surface area contributed by atoms with Crippen molar-refractivity contribution < 1.29 is 165 Å². The van der Waals surface area contributed by atoms with Crippen molar-refractivity contribution in [1.82, 2.24) is 91.1 Å². The summed E-state index contributed by atoms with van der Waals surface area (Å²) in [7, 11) is 8.28. The van der Waals surface area contributed by atoms with Gasteiger partial charge in [-0.25, -0.2) is 28.8 Å². The molecule has 12 heterocycles. The highest BCUT2D eigenvalue weighted by Crippen LogP contribution is 2.29. The van der Waals surface area contributed by atoms with Crippen molar-refractivity contribution in [1.29, 1.82) is 0 Å². The topological polar surface area (TPSA) is 344 Å². The third-order valence-electron chi connectivity index (χ3n) is 16.7. The predicted molar refractivity (Wildman–Crippen MR) is 495 cm³/mol. The minimum atomic E-state index is -3.47. The first-order valence-electron chi connectivity index (χ1n) is 75.4. The van der Waals surface area contributed by atoms with Gasteiger partial charge in [0, 0.05) is 199 Å². The molecule has 0 radical (unpaired) electrons. The summed E-state index contributed by atoms with van der Waals surface area (Å²) >= 11 is 0. The minimum Gasteiger partial charge on any atom is -0.447 e. The highest BCUT2D eigenvalue weighted by Gasteiger charge is 2.29. The van der Waals surface area contributed by atoms with E-state index in [0.717, 1.165) is 14.1 Å². The normalized spacial score (nSPS) is 29.6. The predicted octanol–water partition coefficient (Wildman–Crippen LogP) is 11.5. The lowest BCUT2D eigenvalue weighted by atomic mass is 10.0. The number of ether oxygens (including phenoxy) is 6. The van der Waals surface area contributed by atoms with E-state index in [4.69, 9.17) is 112 Å². The van der Waals surface area contributed by atoms with Crippen molar-refractivity contribution in [3.8, 4) is 0 Å². The SMILES string of the molecule is [2H]c1c(C([2H])([2H])[C@H]2COC(=O)N2[2H])c([2H])c2c(C([2H])([2H])CN(C([2H])([2H])[2H])C([2H])([2H])[2H])c([2H])n([2H])c2c1[2H].[2H]c1c(C([2H])([2H])[C@H]2COC(=O)N2[2H])c([2H])c2c(C([2H])([2H])CN(C)C([2H])([2H])[2H])c([2H])n([2H])c2c1[2H].[2H]c1c(C([2H])([2H])[C@H]2COC(=O)N2[2H])c([2H])c2c(C([2H])([2H])CN(C)C)c([2H])n([2H])c2c1[2H].[2H]c1c(C([2H])([2H])[C@H]2COC(=O)N2[2H])c([2H])c2c(CC([2H])([2H])N(C([2H])([2H])[2H])C([2H])([2H])[2H])c([2H])n([2H])c2c1[2H].[2H]c1c(C([2H])([2H])[C@H]2COC(=O)N2[2H])c([2H])c2c(CC([2H])([2H])N(C)C([2H])([2H])[2H])c([2H])n([2H])c2c1[2H].[2H]c1c(C([2H])([2H])[C@H]2COC(=O)N2[2H])c([2H])c2c(CC([2H])([2H])N(C)C)c([2H])n([2H])c2c1[2H]. The molecule has 18 rings (SSSR count). The molecule has 672 valence electrons. The van der Waals surface area contributed by atoms with E-state index in [1.165, 1.54) is 23.9 Å². The van der Waals surface area contributed by atoms with E-state index in [1.54, 1.807) is 14.1 Å². The van der Waals surface area contributed by atoms with Crippen LogP contribution in [-0.4, -0.2) is 295 Å². The summed E-state index contributed by atoms with van der Waals surface area (Å²) in [5, 5.41) is -1.24. The minimum absolute atomic E-state index is 0.0688. The number of cyclic esters (lactones) is 6. The number of aromatic nitrogens is 6. The number of alkyl carbamates (subject to hydrolysis) is 6. The van der Waals surface area contributed by atoms with Crippen LogP contribution >= 0.6 is 0 Å². The van der Waals surface area contributed by atoms with Crippen molar-refractivity contribution in [2.24, 2.45) is 0 Å². The molecule has 0 bridgehead atoms. The van der Waals surface area contributed by atoms with Crippen LogP contribution in [0.1, 0.15) is 157 Å². The van der Waals surface area contributed by atoms with E-state index >= 15 is 0 Å². The van der Waals surface area contributed by atoms with Gasteiger partial charge in [-0.15, -0.1) is 0 Å². The van der Waals surface area contributed by atoms with Crippen molar-refractivity contribution >= 4 is 102 Å². The number of carbonyl (C=O) groups excluding carboxylic acids is 6. The van der Waals surface area contributed by atoms with Gasteiger partial charge in [0.1, 0.15) is 39.6 Å². The van der Waals surface area contributed by atoms with Crippen molar-refractivity contribution in [3.05, 3.63) is 213 Å². The average molecular weight is 1800 g/mol. The number of aromatic amines is 6. The van der Waals surface area contributed by atoms with Crippen LogP contribution in [0.25, 0.3) is 65.4 Å². The number of benzene rings is 6. The van der Waals surface area contributed by atoms with Crippen LogP contribution in [0.15, 0.2) is 146 Å². The van der Waals surface area contributed by atoms with Crippen LogP contribution in [0.3, 0.4) is 0 Å². The summed E-state index contributed by atoms with van der Waals surface area (Å²) in [5.41, 5.74) is -9.77. The molecule has 6 aromatic carbocycles. The van der Waals surface area contributed by atoms with Gasteiger partial charge in [-0.3, -0.25) is 0 Å². The second-order valence-electron chi connectivity index (χ2n) is 26.9. The highest BCUT2D eigenvalue weighted by atomic mass is 16.6. The first-order chi connectivity index (χ1) is 92.1. The monoisotopic (exact) mass is 1800 g/mol. The standard InChI is InChI=1S/6C16H21N3O2/c6*1-19(2)6-5-12-9-17-15-4-3-11(8-14(12)15)7-13-10-21-16(20)18-13/h6*3-4,8-9,13,17H,5-7,10H2,1-2H3,(H,18,20)/t6*13-/m000000/s1/i1D3,2D3,3D,4D,6D2,7D2,8D,9D;1D3,2D3,3D,4D,5D2,7D2,8D,9D;1D3,3D,4D,6D2,7D2,8D,9D;1D3,3D,4D,5D2,7D2,8D,9D;3D,4D,6D2,7D2,8D,9D;3D,4D,5D2,7D2,8D,9D/hD12. The highest BCUT2D eigenvalue weighted by molar-refractivity contribution is 5.88. The Morgan fingerprint density at radius 3 is 0.730 bits per heavy atom. The second-order valence-corrected chi connectivity index (χ2v) is 26.9. The maximum absolute atomic E-state index is 11.6. The van der Waals surface area contributed by atoms with Crippen molar-refractivity contribution in [3.63, 3.8) is 0 Å². The molecule has 6 atom stereocenters. The van der Waals surface area contributed by atoms with Crippen LogP contribution in [0, 0.1) is 0 Å². The quantitative estimate of drug-likeness (QED) is 0.0186. The zero-order chi connectivity index (χ0) is 157. The number of amides is 6. The van der Waals surface area contributed by atoms with Gasteiger partial charge < -0.3 is 120 Å². The zero-order valence-corrected chi connectivity index (χ0v) is 66.9. The number of likely N-dealkylation sites (N-methyl/N-ethyl adjacent to an activating group) is 6. The Morgan fingerprint density at radius 1 is 0.294 bits per heavy atom. The largest absolute Gasteiger partial charge is 0.447 e. The van der Waals surface area contributed by atoms with Crippen LogP contribution in [0.5, 0.6) is 0 Å². The molecule has 6 aromatic heterocycles. The molecule has 30 heteroatoms. The number of carbonyl (C=O) groups is 6. The third-order valence-corrected chi connectivity index (χ3v) is 16.7. The summed E-state index contributed by atoms with van der Waals surface area (Å²) in [5.74, 6) is 0. The molecule has 30 nitrogen and oxygen atoms in total. The average Bonchev–Trinajstić information content (AvgIpc) is 1.57. The lowest BCUT2D eigenvalue weighted by molar-refractivity contribution is 0.176. The third kappa shape index (κ3) is 26.5. The van der Waals surface area contributed by atoms with Gasteiger partial charge in [-0.1, -0.05) is 36.3 Å². The maximum Gasteiger partial charge on any atom is 0.407 e. The number of hydrogen-bond acceptors (Lipinski definition) is 18. The van der Waals surface area contributed by atoms with E-state index in [1.807, 2.05) is 0 Å². The molecule has 12 N–H and O–H groups in total. The van der Waals surface area contributed by atoms with E-state index in [0.29, 0.717) is 29.7 Å². The van der Waals surface area contributed by atoms with Gasteiger partial charge in [0.05, 0.1) is 69.1 Å². The Morgan fingerprint density at radius 2 is 0.508 bits per heavy atom. The number of rotatable bonds is 30. The van der Waals surface area contributed by atoms with Crippen molar-refractivity contribution in [2.75, 3.05) is 163 Å². The first-order valence-corrected chi connectivity index (χ1v) is 37.0. The molecular weight excluding hydrogens is 1600 g/mol. The molecule has 6 aliphatic heterocycles. The summed E-state index contributed by atoms with van der Waals surface area (Å²) in [6.45, 7) is -32.6. The molecule has 6 saturated heterocycles. The van der Waals surface area contributed by atoms with Gasteiger partial charge in [0.2, 0.25) is 0 Å². The Hall–Kier alpha value is -12.1. The van der Waals surface area contributed by atoms with Gasteiger partial charge >= 0.3 is 36.6 Å². The number of hydrogen-bond donors (Lipinski definition) is 12. The molecular formula is C96H126N18O12. The van der Waals surface area contributed by atoms with Gasteiger partial charge in [0.25, 0.3) is 0 Å². The molecule has 12 aromatic rings. The lowest BCUT2D eigenvalue weighted by Gasteiger charge is -2.09. The van der Waals surface area contributed by atoms with E-state index in [2.05, 4.69) is 23.7 Å². The van der Waals surface area contributed by atoms with Crippen LogP contribution in [0.2, 0.25) is 16.9 Å². The fourth-order valence-corrected chi connectivity index (χ4v) is 11.1. The Bertz CT molecular complexity index is 9720. The van der Waals surface area contributed by atoms with Crippen LogP contribution in [0.4, 0.5) is 28.8 Å². The second kappa shape index (κ2) is 43.7.